The highest BCUT2D eigenvalue weighted by Crippen LogP contribution is 2.20. The minimum absolute atomic E-state index is 0.0634. The van der Waals surface area contributed by atoms with E-state index in [1.165, 1.54) is 31.0 Å². The number of carbonyl (C=O) groups excluding carboxylic acids is 2. The number of nitrogens with zero attached hydrogens (tertiary/aromatic N) is 2. The van der Waals surface area contributed by atoms with E-state index in [0.717, 1.165) is 37.0 Å². The molecule has 0 atom stereocenters. The van der Waals surface area contributed by atoms with Crippen molar-refractivity contribution in [3.05, 3.63) is 69.9 Å². The van der Waals surface area contributed by atoms with Crippen molar-refractivity contribution in [3.8, 4) is 5.75 Å². The van der Waals surface area contributed by atoms with E-state index in [0.29, 0.717) is 22.0 Å². The van der Waals surface area contributed by atoms with Crippen molar-refractivity contribution in [2.45, 2.75) is 51.2 Å². The molecule has 2 N–H and O–H groups in total. The minimum atomic E-state index is -0.464. The standard InChI is InChI=1S/C24H25FN4O3S/c25-17-6-5-9-19(14-17)27-23(31)24-29-28-21(33-24)15-32-20-12-10-16(11-13-20)22(30)26-18-7-3-1-2-4-8-18/h5-6,9-14,18H,1-4,7-8,15H2,(H,26,30)(H,27,31). The first-order valence-corrected chi connectivity index (χ1v) is 11.8. The summed E-state index contributed by atoms with van der Waals surface area (Å²) < 4.78 is 19.0. The van der Waals surface area contributed by atoms with Gasteiger partial charge in [-0.2, -0.15) is 0 Å². The van der Waals surface area contributed by atoms with E-state index in [4.69, 9.17) is 4.74 Å². The van der Waals surface area contributed by atoms with Crippen LogP contribution in [0.5, 0.6) is 5.75 Å². The zero-order chi connectivity index (χ0) is 23.0. The quantitative estimate of drug-likeness (QED) is 0.478. The Labute approximate surface area is 195 Å². The molecule has 1 saturated carbocycles. The van der Waals surface area contributed by atoms with Gasteiger partial charge in [-0.25, -0.2) is 4.39 Å². The number of halogens is 1. The number of rotatable bonds is 7. The van der Waals surface area contributed by atoms with Crippen LogP contribution < -0.4 is 15.4 Å². The lowest BCUT2D eigenvalue weighted by Crippen LogP contribution is -2.34. The van der Waals surface area contributed by atoms with Gasteiger partial charge < -0.3 is 15.4 Å². The summed E-state index contributed by atoms with van der Waals surface area (Å²) in [7, 11) is 0. The third kappa shape index (κ3) is 6.58. The van der Waals surface area contributed by atoms with Crippen LogP contribution in [0.4, 0.5) is 10.1 Å². The summed E-state index contributed by atoms with van der Waals surface area (Å²) in [6.45, 7) is 0.137. The summed E-state index contributed by atoms with van der Waals surface area (Å²) in [5.74, 6) is -0.381. The summed E-state index contributed by atoms with van der Waals surface area (Å²) in [6.07, 6.45) is 6.89. The molecule has 9 heteroatoms. The number of nitrogens with one attached hydrogen (secondary N) is 2. The smallest absolute Gasteiger partial charge is 0.286 e. The predicted octanol–water partition coefficient (Wildman–Crippen LogP) is 4.96. The predicted molar refractivity (Wildman–Crippen MR) is 124 cm³/mol. The molecule has 0 aliphatic heterocycles. The summed E-state index contributed by atoms with van der Waals surface area (Å²) in [4.78, 5) is 24.8. The van der Waals surface area contributed by atoms with E-state index >= 15 is 0 Å². The Morgan fingerprint density at radius 1 is 1.00 bits per heavy atom. The van der Waals surface area contributed by atoms with Crippen molar-refractivity contribution in [3.63, 3.8) is 0 Å². The number of aromatic nitrogens is 2. The highest BCUT2D eigenvalue weighted by molar-refractivity contribution is 7.13. The molecular formula is C24H25FN4O3S. The molecule has 7 nitrogen and oxygen atoms in total. The number of benzene rings is 2. The van der Waals surface area contributed by atoms with Crippen LogP contribution in [0.3, 0.4) is 0 Å². The van der Waals surface area contributed by atoms with Gasteiger partial charge in [0.25, 0.3) is 11.8 Å². The Hall–Kier alpha value is -3.33. The molecular weight excluding hydrogens is 443 g/mol. The molecule has 0 saturated heterocycles. The molecule has 1 aliphatic carbocycles. The van der Waals surface area contributed by atoms with Crippen LogP contribution in [0.2, 0.25) is 0 Å². The Balaban J connectivity index is 1.27. The van der Waals surface area contributed by atoms with Gasteiger partial charge in [-0.05, 0) is 55.3 Å². The van der Waals surface area contributed by atoms with E-state index < -0.39 is 11.7 Å². The van der Waals surface area contributed by atoms with Gasteiger partial charge in [0.05, 0.1) is 0 Å². The lowest BCUT2D eigenvalue weighted by atomic mass is 10.1. The van der Waals surface area contributed by atoms with Crippen LogP contribution in [-0.4, -0.2) is 28.1 Å². The molecule has 0 radical (unpaired) electrons. The summed E-state index contributed by atoms with van der Waals surface area (Å²) in [5.41, 5.74) is 0.940. The lowest BCUT2D eigenvalue weighted by Gasteiger charge is -2.16. The lowest BCUT2D eigenvalue weighted by molar-refractivity contribution is 0.0932. The molecule has 1 aliphatic rings. The van der Waals surface area contributed by atoms with E-state index in [1.54, 1.807) is 30.3 Å². The highest BCUT2D eigenvalue weighted by atomic mass is 32.1. The second kappa shape index (κ2) is 11.0. The maximum atomic E-state index is 13.3. The summed E-state index contributed by atoms with van der Waals surface area (Å²) >= 11 is 1.10. The second-order valence-electron chi connectivity index (χ2n) is 7.94. The third-order valence-corrected chi connectivity index (χ3v) is 6.31. The molecule has 2 amide bonds. The van der Waals surface area contributed by atoms with Gasteiger partial charge in [-0.1, -0.05) is 43.1 Å². The minimum Gasteiger partial charge on any atom is -0.486 e. The van der Waals surface area contributed by atoms with Gasteiger partial charge in [0.15, 0.2) is 5.01 Å². The van der Waals surface area contributed by atoms with Crippen molar-refractivity contribution in [1.29, 1.82) is 0 Å². The van der Waals surface area contributed by atoms with Crippen LogP contribution >= 0.6 is 11.3 Å². The molecule has 4 rings (SSSR count). The fourth-order valence-corrected chi connectivity index (χ4v) is 4.34. The van der Waals surface area contributed by atoms with Gasteiger partial charge >= 0.3 is 0 Å². The molecule has 0 spiro atoms. The Morgan fingerprint density at radius 2 is 1.76 bits per heavy atom. The average molecular weight is 469 g/mol. The molecule has 0 unspecified atom stereocenters. The monoisotopic (exact) mass is 468 g/mol. The van der Waals surface area contributed by atoms with Crippen LogP contribution in [0.25, 0.3) is 0 Å². The number of amides is 2. The largest absolute Gasteiger partial charge is 0.486 e. The van der Waals surface area contributed by atoms with Gasteiger partial charge in [0.1, 0.15) is 18.2 Å². The van der Waals surface area contributed by atoms with E-state index in [2.05, 4.69) is 20.8 Å². The molecule has 1 fully saturated rings. The average Bonchev–Trinajstić information content (AvgIpc) is 3.15. The molecule has 2 aromatic carbocycles. The van der Waals surface area contributed by atoms with Crippen LogP contribution in [0, 0.1) is 5.82 Å². The van der Waals surface area contributed by atoms with Crippen molar-refractivity contribution in [1.82, 2.24) is 15.5 Å². The number of anilines is 1. The van der Waals surface area contributed by atoms with Crippen LogP contribution in [-0.2, 0) is 6.61 Å². The second-order valence-corrected chi connectivity index (χ2v) is 9.00. The Bertz CT molecular complexity index is 1100. The zero-order valence-electron chi connectivity index (χ0n) is 18.1. The third-order valence-electron chi connectivity index (χ3n) is 5.41. The van der Waals surface area contributed by atoms with Crippen molar-refractivity contribution in [2.24, 2.45) is 0 Å². The maximum Gasteiger partial charge on any atom is 0.286 e. The van der Waals surface area contributed by atoms with E-state index in [-0.39, 0.29) is 23.6 Å². The summed E-state index contributed by atoms with van der Waals surface area (Å²) in [6, 6.07) is 12.8. The Morgan fingerprint density at radius 3 is 2.48 bits per heavy atom. The number of ether oxygens (including phenoxy) is 1. The van der Waals surface area contributed by atoms with Gasteiger partial charge in [0.2, 0.25) is 5.01 Å². The van der Waals surface area contributed by atoms with E-state index in [1.807, 2.05) is 0 Å². The topological polar surface area (TPSA) is 93.2 Å². The number of carbonyl (C=O) groups is 2. The molecule has 1 aromatic heterocycles. The van der Waals surface area contributed by atoms with Crippen LogP contribution in [0.1, 0.15) is 63.7 Å². The Kier molecular flexibility index (Phi) is 7.62. The normalized spacial score (nSPS) is 14.3. The maximum absolute atomic E-state index is 13.3. The van der Waals surface area contributed by atoms with Gasteiger partial charge in [0, 0.05) is 17.3 Å². The van der Waals surface area contributed by atoms with Gasteiger partial charge in [-0.3, -0.25) is 9.59 Å². The number of hydrogen-bond donors (Lipinski definition) is 2. The fraction of sp³-hybridized carbons (Fsp3) is 0.333. The SMILES string of the molecule is O=C(NC1CCCCCC1)c1ccc(OCc2nnc(C(=O)Nc3cccc(F)c3)s2)cc1. The van der Waals surface area contributed by atoms with Gasteiger partial charge in [-0.15, -0.1) is 10.2 Å². The first-order valence-electron chi connectivity index (χ1n) is 11.0. The zero-order valence-corrected chi connectivity index (χ0v) is 18.9. The first kappa shape index (κ1) is 22.8. The molecule has 1 heterocycles. The molecule has 0 bridgehead atoms. The summed E-state index contributed by atoms with van der Waals surface area (Å²) in [5, 5.41) is 14.2. The molecule has 172 valence electrons. The van der Waals surface area contributed by atoms with Crippen molar-refractivity contribution < 1.29 is 18.7 Å². The highest BCUT2D eigenvalue weighted by Gasteiger charge is 2.16. The fourth-order valence-electron chi connectivity index (χ4n) is 3.69. The molecule has 33 heavy (non-hydrogen) atoms. The van der Waals surface area contributed by atoms with E-state index in [9.17, 15) is 14.0 Å². The number of hydrogen-bond acceptors (Lipinski definition) is 6. The first-order chi connectivity index (χ1) is 16.1. The van der Waals surface area contributed by atoms with Crippen molar-refractivity contribution >= 4 is 28.8 Å². The molecule has 3 aromatic rings. The van der Waals surface area contributed by atoms with Crippen molar-refractivity contribution in [2.75, 3.05) is 5.32 Å². The van der Waals surface area contributed by atoms with Crippen LogP contribution in [0.15, 0.2) is 48.5 Å².